The van der Waals surface area contributed by atoms with Crippen LogP contribution in [0.1, 0.15) is 35.2 Å². The van der Waals surface area contributed by atoms with Crippen LogP contribution in [0.25, 0.3) is 0 Å². The summed E-state index contributed by atoms with van der Waals surface area (Å²) < 4.78 is 4.50. The minimum absolute atomic E-state index is 0.0500. The Balaban J connectivity index is 2.49. The van der Waals surface area contributed by atoms with E-state index in [1.54, 1.807) is 6.07 Å². The highest BCUT2D eigenvalue weighted by atomic mass is 16.5. The number of carbonyl (C=O) groups is 3. The molecule has 0 atom stereocenters. The first-order valence-electron chi connectivity index (χ1n) is 6.32. The molecule has 3 N–H and O–H groups in total. The lowest BCUT2D eigenvalue weighted by Gasteiger charge is -2.07. The molecule has 0 spiro atoms. The molecule has 1 amide bonds. The Labute approximate surface area is 121 Å². The van der Waals surface area contributed by atoms with Crippen molar-refractivity contribution in [1.29, 1.82) is 0 Å². The second-order valence-electron chi connectivity index (χ2n) is 4.37. The van der Waals surface area contributed by atoms with Gasteiger partial charge in [0, 0.05) is 19.4 Å². The lowest BCUT2D eigenvalue weighted by molar-refractivity contribution is -0.137. The first-order chi connectivity index (χ1) is 9.93. The van der Waals surface area contributed by atoms with Gasteiger partial charge in [-0.3, -0.25) is 9.59 Å². The van der Waals surface area contributed by atoms with E-state index in [0.717, 1.165) is 0 Å². The Morgan fingerprint density at radius 2 is 1.95 bits per heavy atom. The highest BCUT2D eigenvalue weighted by Gasteiger charge is 2.12. The van der Waals surface area contributed by atoms with E-state index in [9.17, 15) is 19.5 Å². The van der Waals surface area contributed by atoms with E-state index in [1.165, 1.54) is 19.2 Å². The number of phenols is 1. The number of aromatic hydroxyl groups is 1. The number of benzene rings is 1. The molecule has 1 aromatic rings. The van der Waals surface area contributed by atoms with Crippen molar-refractivity contribution in [3.63, 3.8) is 0 Å². The van der Waals surface area contributed by atoms with Crippen molar-refractivity contribution in [2.24, 2.45) is 0 Å². The molecule has 1 rings (SSSR count). The van der Waals surface area contributed by atoms with Crippen LogP contribution in [-0.2, 0) is 20.9 Å². The summed E-state index contributed by atoms with van der Waals surface area (Å²) in [6.45, 7) is 0.181. The molecule has 1 aromatic carbocycles. The number of hydrogen-bond donors (Lipinski definition) is 3. The summed E-state index contributed by atoms with van der Waals surface area (Å²) in [4.78, 5) is 33.1. The van der Waals surface area contributed by atoms with Crippen LogP contribution in [0, 0.1) is 0 Å². The average molecular weight is 295 g/mol. The molecule has 0 saturated heterocycles. The molecule has 0 aliphatic heterocycles. The molecule has 0 fully saturated rings. The molecule has 0 aromatic heterocycles. The standard InChI is InChI=1S/C14H17NO6/c1-21-14(20)10-6-5-9(7-11(10)16)8-15-12(17)3-2-4-13(18)19/h5-7,16H,2-4,8H2,1H3,(H,15,17)(H,18,19). The summed E-state index contributed by atoms with van der Waals surface area (Å²) in [5, 5.41) is 20.7. The average Bonchev–Trinajstić information content (AvgIpc) is 2.44. The fourth-order valence-corrected chi connectivity index (χ4v) is 1.66. The number of aliphatic carboxylic acids is 1. The molecular formula is C14H17NO6. The van der Waals surface area contributed by atoms with Crippen LogP contribution in [0.5, 0.6) is 5.75 Å². The first-order valence-corrected chi connectivity index (χ1v) is 6.32. The lowest BCUT2D eigenvalue weighted by atomic mass is 10.1. The number of ether oxygens (including phenoxy) is 1. The van der Waals surface area contributed by atoms with Gasteiger partial charge in [-0.25, -0.2) is 4.79 Å². The third-order valence-corrected chi connectivity index (χ3v) is 2.75. The highest BCUT2D eigenvalue weighted by Crippen LogP contribution is 2.19. The Hall–Kier alpha value is -2.57. The monoisotopic (exact) mass is 295 g/mol. The largest absolute Gasteiger partial charge is 0.507 e. The fraction of sp³-hybridized carbons (Fsp3) is 0.357. The van der Waals surface area contributed by atoms with Crippen LogP contribution >= 0.6 is 0 Å². The molecule has 0 aliphatic carbocycles. The molecule has 0 unspecified atom stereocenters. The molecule has 7 nitrogen and oxygen atoms in total. The van der Waals surface area contributed by atoms with E-state index in [0.29, 0.717) is 5.56 Å². The zero-order valence-electron chi connectivity index (χ0n) is 11.6. The normalized spacial score (nSPS) is 9.95. The van der Waals surface area contributed by atoms with Gasteiger partial charge in [-0.2, -0.15) is 0 Å². The third kappa shape index (κ3) is 5.52. The van der Waals surface area contributed by atoms with E-state index in [1.807, 2.05) is 0 Å². The molecule has 0 radical (unpaired) electrons. The topological polar surface area (TPSA) is 113 Å². The maximum atomic E-state index is 11.5. The van der Waals surface area contributed by atoms with Crippen molar-refractivity contribution in [2.75, 3.05) is 7.11 Å². The number of esters is 1. The zero-order valence-corrected chi connectivity index (χ0v) is 11.6. The molecule has 0 heterocycles. The second kappa shape index (κ2) is 7.88. The number of amides is 1. The van der Waals surface area contributed by atoms with Gasteiger partial charge in [0.05, 0.1) is 7.11 Å². The Bertz CT molecular complexity index is 540. The Kier molecular flexibility index (Phi) is 6.19. The highest BCUT2D eigenvalue weighted by molar-refractivity contribution is 5.92. The number of nitrogens with one attached hydrogen (secondary N) is 1. The zero-order chi connectivity index (χ0) is 15.8. The van der Waals surface area contributed by atoms with E-state index in [2.05, 4.69) is 10.1 Å². The fourth-order valence-electron chi connectivity index (χ4n) is 1.66. The summed E-state index contributed by atoms with van der Waals surface area (Å²) in [6.07, 6.45) is 0.342. The van der Waals surface area contributed by atoms with Gasteiger partial charge in [-0.05, 0) is 24.1 Å². The molecule has 114 valence electrons. The summed E-state index contributed by atoms with van der Waals surface area (Å²) in [6, 6.07) is 4.36. The summed E-state index contributed by atoms with van der Waals surface area (Å²) >= 11 is 0. The quantitative estimate of drug-likeness (QED) is 0.648. The van der Waals surface area contributed by atoms with E-state index in [-0.39, 0.29) is 43.0 Å². The van der Waals surface area contributed by atoms with Crippen molar-refractivity contribution in [3.05, 3.63) is 29.3 Å². The van der Waals surface area contributed by atoms with Crippen LogP contribution < -0.4 is 5.32 Å². The van der Waals surface area contributed by atoms with Gasteiger partial charge in [-0.15, -0.1) is 0 Å². The van der Waals surface area contributed by atoms with Crippen LogP contribution in [-0.4, -0.2) is 35.2 Å². The molecule has 0 saturated carbocycles. The summed E-state index contributed by atoms with van der Waals surface area (Å²) in [7, 11) is 1.22. The minimum Gasteiger partial charge on any atom is -0.507 e. The van der Waals surface area contributed by atoms with Crippen molar-refractivity contribution in [2.45, 2.75) is 25.8 Å². The SMILES string of the molecule is COC(=O)c1ccc(CNC(=O)CCCC(=O)O)cc1O. The number of carboxylic acid groups (broad SMARTS) is 1. The molecular weight excluding hydrogens is 278 g/mol. The van der Waals surface area contributed by atoms with Gasteiger partial charge in [0.1, 0.15) is 11.3 Å². The van der Waals surface area contributed by atoms with Gasteiger partial charge in [0.15, 0.2) is 0 Å². The van der Waals surface area contributed by atoms with E-state index >= 15 is 0 Å². The molecule has 0 aliphatic rings. The van der Waals surface area contributed by atoms with Crippen LogP contribution in [0.3, 0.4) is 0 Å². The van der Waals surface area contributed by atoms with Crippen molar-refractivity contribution in [3.8, 4) is 5.75 Å². The smallest absolute Gasteiger partial charge is 0.341 e. The predicted molar refractivity (Wildman–Crippen MR) is 72.8 cm³/mol. The maximum Gasteiger partial charge on any atom is 0.341 e. The predicted octanol–water partition coefficient (Wildman–Crippen LogP) is 1.05. The minimum atomic E-state index is -0.939. The van der Waals surface area contributed by atoms with Gasteiger partial charge in [0.25, 0.3) is 0 Å². The van der Waals surface area contributed by atoms with Crippen molar-refractivity contribution in [1.82, 2.24) is 5.32 Å². The number of carboxylic acids is 1. The van der Waals surface area contributed by atoms with Crippen molar-refractivity contribution < 1.29 is 29.3 Å². The van der Waals surface area contributed by atoms with Crippen molar-refractivity contribution >= 4 is 17.8 Å². The number of rotatable bonds is 7. The second-order valence-corrected chi connectivity index (χ2v) is 4.37. The van der Waals surface area contributed by atoms with Crippen LogP contribution in [0.4, 0.5) is 0 Å². The molecule has 7 heteroatoms. The van der Waals surface area contributed by atoms with E-state index in [4.69, 9.17) is 5.11 Å². The molecule has 21 heavy (non-hydrogen) atoms. The maximum absolute atomic E-state index is 11.5. The van der Waals surface area contributed by atoms with Gasteiger partial charge in [0.2, 0.25) is 5.91 Å². The summed E-state index contributed by atoms with van der Waals surface area (Å²) in [5.74, 6) is -2.07. The van der Waals surface area contributed by atoms with Gasteiger partial charge >= 0.3 is 11.9 Å². The number of phenolic OH excluding ortho intramolecular Hbond substituents is 1. The van der Waals surface area contributed by atoms with E-state index < -0.39 is 11.9 Å². The lowest BCUT2D eigenvalue weighted by Crippen LogP contribution is -2.22. The van der Waals surface area contributed by atoms with Gasteiger partial charge < -0.3 is 20.3 Å². The third-order valence-electron chi connectivity index (χ3n) is 2.75. The number of carbonyl (C=O) groups excluding carboxylic acids is 2. The first kappa shape index (κ1) is 16.5. The molecule has 0 bridgehead atoms. The van der Waals surface area contributed by atoms with Crippen LogP contribution in [0.15, 0.2) is 18.2 Å². The number of hydrogen-bond acceptors (Lipinski definition) is 5. The number of methoxy groups -OCH3 is 1. The van der Waals surface area contributed by atoms with Crippen LogP contribution in [0.2, 0.25) is 0 Å². The Morgan fingerprint density at radius 3 is 2.52 bits per heavy atom. The Morgan fingerprint density at radius 1 is 1.24 bits per heavy atom. The van der Waals surface area contributed by atoms with Gasteiger partial charge in [-0.1, -0.05) is 6.07 Å². The summed E-state index contributed by atoms with van der Waals surface area (Å²) in [5.41, 5.74) is 0.667.